The van der Waals surface area contributed by atoms with Crippen LogP contribution in [0.25, 0.3) is 0 Å². The largest absolute Gasteiger partial charge is 0.301 e. The Morgan fingerprint density at radius 2 is 1.90 bits per heavy atom. The lowest BCUT2D eigenvalue weighted by Gasteiger charge is -2.33. The molecule has 1 aromatic carbocycles. The molecule has 0 aliphatic heterocycles. The van der Waals surface area contributed by atoms with Crippen molar-refractivity contribution in [3.8, 4) is 6.07 Å². The van der Waals surface area contributed by atoms with Gasteiger partial charge >= 0.3 is 0 Å². The van der Waals surface area contributed by atoms with Gasteiger partial charge in [0.15, 0.2) is 5.78 Å². The number of carbonyl (C=O) groups is 1. The first-order chi connectivity index (χ1) is 9.43. The third kappa shape index (κ3) is 3.00. The van der Waals surface area contributed by atoms with Crippen LogP contribution in [0.2, 0.25) is 0 Å². The van der Waals surface area contributed by atoms with Crippen LogP contribution < -0.4 is 10.4 Å². The van der Waals surface area contributed by atoms with Crippen molar-refractivity contribution in [3.63, 3.8) is 0 Å². The lowest BCUT2D eigenvalue weighted by Crippen LogP contribution is -2.39. The Morgan fingerprint density at radius 1 is 1.25 bits per heavy atom. The molecular formula is C16H19N3O. The van der Waals surface area contributed by atoms with Crippen LogP contribution in [0.3, 0.4) is 0 Å². The molecule has 1 aromatic rings. The first-order valence-electron chi connectivity index (χ1n) is 6.65. The number of Topliss-reactive ketones (excluding diaryl/α,β-unsaturated/α-hetero) is 1. The highest BCUT2D eigenvalue weighted by Crippen LogP contribution is 2.35. The van der Waals surface area contributed by atoms with E-state index in [1.54, 1.807) is 0 Å². The summed E-state index contributed by atoms with van der Waals surface area (Å²) in [7, 11) is 1.88. The summed E-state index contributed by atoms with van der Waals surface area (Å²) in [5, 5.41) is 11.0. The normalized spacial score (nSPS) is 17.6. The Balaban J connectivity index is 2.26. The third-order valence-electron chi connectivity index (χ3n) is 3.43. The molecule has 1 N–H and O–H groups in total. The number of nitrogens with one attached hydrogen (secondary N) is 1. The van der Waals surface area contributed by atoms with E-state index in [0.29, 0.717) is 18.5 Å². The van der Waals surface area contributed by atoms with Gasteiger partial charge in [-0.25, -0.2) is 0 Å². The summed E-state index contributed by atoms with van der Waals surface area (Å²) in [5.41, 5.74) is 5.02. The molecule has 20 heavy (non-hydrogen) atoms. The van der Waals surface area contributed by atoms with Crippen LogP contribution in [0.4, 0.5) is 5.69 Å². The monoisotopic (exact) mass is 269 g/mol. The van der Waals surface area contributed by atoms with Crippen molar-refractivity contribution in [1.29, 1.82) is 5.26 Å². The number of rotatable bonds is 3. The zero-order valence-corrected chi connectivity index (χ0v) is 12.1. The van der Waals surface area contributed by atoms with E-state index in [1.807, 2.05) is 62.3 Å². The molecule has 0 atom stereocenters. The van der Waals surface area contributed by atoms with E-state index in [-0.39, 0.29) is 16.8 Å². The summed E-state index contributed by atoms with van der Waals surface area (Å²) < 4.78 is 0. The van der Waals surface area contributed by atoms with Gasteiger partial charge in [-0.3, -0.25) is 9.80 Å². The maximum Gasteiger partial charge on any atom is 0.175 e. The molecule has 0 bridgehead atoms. The van der Waals surface area contributed by atoms with Crippen LogP contribution in [0.5, 0.6) is 0 Å². The van der Waals surface area contributed by atoms with Crippen LogP contribution in [0.15, 0.2) is 41.6 Å². The molecule has 0 saturated carbocycles. The average Bonchev–Trinajstić information content (AvgIpc) is 2.38. The highest BCUT2D eigenvalue weighted by molar-refractivity contribution is 6.01. The Kier molecular flexibility index (Phi) is 3.80. The molecule has 4 heteroatoms. The van der Waals surface area contributed by atoms with E-state index >= 15 is 0 Å². The SMILES string of the molecule is CN(NC1=C(C#N)C(=O)CC(C)(C)C1)c1ccccc1. The van der Waals surface area contributed by atoms with E-state index in [0.717, 1.165) is 5.69 Å². The second-order valence-corrected chi connectivity index (χ2v) is 5.91. The first kappa shape index (κ1) is 14.1. The molecule has 1 aliphatic rings. The zero-order valence-electron chi connectivity index (χ0n) is 12.1. The van der Waals surface area contributed by atoms with E-state index in [9.17, 15) is 10.1 Å². The summed E-state index contributed by atoms with van der Waals surface area (Å²) in [5.74, 6) is -0.0762. The third-order valence-corrected chi connectivity index (χ3v) is 3.43. The number of hydrogen-bond donors (Lipinski definition) is 1. The fourth-order valence-corrected chi connectivity index (χ4v) is 2.46. The van der Waals surface area contributed by atoms with Gasteiger partial charge in [-0.15, -0.1) is 0 Å². The van der Waals surface area contributed by atoms with Crippen molar-refractivity contribution in [2.75, 3.05) is 12.1 Å². The van der Waals surface area contributed by atoms with Gasteiger partial charge in [0, 0.05) is 13.5 Å². The van der Waals surface area contributed by atoms with Crippen molar-refractivity contribution >= 4 is 11.5 Å². The summed E-state index contributed by atoms with van der Waals surface area (Å²) in [4.78, 5) is 12.0. The number of carbonyl (C=O) groups excluding carboxylic acids is 1. The summed E-state index contributed by atoms with van der Waals surface area (Å²) in [6, 6.07) is 11.8. The molecule has 1 aliphatic carbocycles. The fourth-order valence-electron chi connectivity index (χ4n) is 2.46. The molecule has 0 fully saturated rings. The van der Waals surface area contributed by atoms with Gasteiger partial charge in [-0.2, -0.15) is 5.26 Å². The maximum atomic E-state index is 12.0. The van der Waals surface area contributed by atoms with Gasteiger partial charge in [-0.05, 0) is 24.0 Å². The van der Waals surface area contributed by atoms with Crippen LogP contribution in [0, 0.1) is 16.7 Å². The topological polar surface area (TPSA) is 56.1 Å². The number of benzene rings is 1. The fraction of sp³-hybridized carbons (Fsp3) is 0.375. The Labute approximate surface area is 119 Å². The molecule has 104 valence electrons. The van der Waals surface area contributed by atoms with Gasteiger partial charge in [0.05, 0.1) is 11.4 Å². The predicted molar refractivity (Wildman–Crippen MR) is 78.6 cm³/mol. The van der Waals surface area contributed by atoms with E-state index < -0.39 is 0 Å². The highest BCUT2D eigenvalue weighted by Gasteiger charge is 2.33. The van der Waals surface area contributed by atoms with Crippen LogP contribution in [-0.2, 0) is 4.79 Å². The minimum atomic E-state index is -0.114. The van der Waals surface area contributed by atoms with Gasteiger partial charge in [0.25, 0.3) is 0 Å². The van der Waals surface area contributed by atoms with Gasteiger partial charge in [0.1, 0.15) is 11.6 Å². The summed E-state index contributed by atoms with van der Waals surface area (Å²) in [6.45, 7) is 4.09. The molecule has 0 unspecified atom stereocenters. The molecule has 0 saturated heterocycles. The number of para-hydroxylation sites is 1. The minimum absolute atomic E-state index is 0.0762. The minimum Gasteiger partial charge on any atom is -0.301 e. The van der Waals surface area contributed by atoms with E-state index in [4.69, 9.17) is 0 Å². The van der Waals surface area contributed by atoms with Gasteiger partial charge in [-0.1, -0.05) is 32.0 Å². The molecular weight excluding hydrogens is 250 g/mol. The van der Waals surface area contributed by atoms with Crippen molar-refractivity contribution in [2.24, 2.45) is 5.41 Å². The van der Waals surface area contributed by atoms with Gasteiger partial charge < -0.3 is 5.43 Å². The van der Waals surface area contributed by atoms with Crippen molar-refractivity contribution in [2.45, 2.75) is 26.7 Å². The standard InChI is InChI=1S/C16H19N3O/c1-16(2)9-14(13(11-17)15(20)10-16)18-19(3)12-7-5-4-6-8-12/h4-8,18H,9-10H2,1-3H3. The molecule has 0 radical (unpaired) electrons. The summed E-state index contributed by atoms with van der Waals surface area (Å²) in [6.07, 6.45) is 1.12. The number of hydrogen-bond acceptors (Lipinski definition) is 4. The average molecular weight is 269 g/mol. The Bertz CT molecular complexity index is 581. The van der Waals surface area contributed by atoms with Crippen LogP contribution in [-0.4, -0.2) is 12.8 Å². The molecule has 0 spiro atoms. The maximum absolute atomic E-state index is 12.0. The first-order valence-corrected chi connectivity index (χ1v) is 6.65. The number of allylic oxidation sites excluding steroid dienone is 2. The molecule has 4 nitrogen and oxygen atoms in total. The van der Waals surface area contributed by atoms with Gasteiger partial charge in [0.2, 0.25) is 0 Å². The quantitative estimate of drug-likeness (QED) is 0.857. The molecule has 0 aromatic heterocycles. The molecule has 0 amide bonds. The van der Waals surface area contributed by atoms with E-state index in [1.165, 1.54) is 0 Å². The Morgan fingerprint density at radius 3 is 2.50 bits per heavy atom. The number of hydrazine groups is 1. The number of ketones is 1. The van der Waals surface area contributed by atoms with Crippen LogP contribution >= 0.6 is 0 Å². The lowest BCUT2D eigenvalue weighted by molar-refractivity contribution is -0.117. The van der Waals surface area contributed by atoms with Crippen molar-refractivity contribution < 1.29 is 4.79 Å². The van der Waals surface area contributed by atoms with E-state index in [2.05, 4.69) is 5.43 Å². The second-order valence-electron chi connectivity index (χ2n) is 5.91. The second kappa shape index (κ2) is 5.38. The predicted octanol–water partition coefficient (Wildman–Crippen LogP) is 2.79. The Hall–Kier alpha value is -2.28. The smallest absolute Gasteiger partial charge is 0.175 e. The number of nitrogens with zero attached hydrogens (tertiary/aromatic N) is 2. The highest BCUT2D eigenvalue weighted by atomic mass is 16.1. The van der Waals surface area contributed by atoms with Crippen molar-refractivity contribution in [1.82, 2.24) is 5.43 Å². The van der Waals surface area contributed by atoms with Crippen LogP contribution in [0.1, 0.15) is 26.7 Å². The van der Waals surface area contributed by atoms with Crippen molar-refractivity contribution in [3.05, 3.63) is 41.6 Å². The molecule has 0 heterocycles. The zero-order chi connectivity index (χ0) is 14.8. The lowest BCUT2D eigenvalue weighted by atomic mass is 9.76. The number of anilines is 1. The number of nitriles is 1. The molecule has 2 rings (SSSR count). The summed E-state index contributed by atoms with van der Waals surface area (Å²) >= 11 is 0.